The van der Waals surface area contributed by atoms with Gasteiger partial charge in [-0.1, -0.05) is 30.3 Å². The lowest BCUT2D eigenvalue weighted by atomic mass is 10.1. The van der Waals surface area contributed by atoms with E-state index in [2.05, 4.69) is 5.10 Å². The number of carbonyl (C=O) groups excluding carboxylic acids is 2. The molecule has 1 fully saturated rings. The first-order valence-corrected chi connectivity index (χ1v) is 9.70. The van der Waals surface area contributed by atoms with Crippen LogP contribution in [-0.2, 0) is 21.4 Å². The lowest BCUT2D eigenvalue weighted by Gasteiger charge is -2.30. The van der Waals surface area contributed by atoms with Gasteiger partial charge in [-0.15, -0.1) is 0 Å². The summed E-state index contributed by atoms with van der Waals surface area (Å²) in [5, 5.41) is 4.34. The van der Waals surface area contributed by atoms with Gasteiger partial charge in [0.05, 0.1) is 5.69 Å². The second-order valence-electron chi connectivity index (χ2n) is 7.15. The second kappa shape index (κ2) is 8.87. The summed E-state index contributed by atoms with van der Waals surface area (Å²) < 4.78 is 7.39. The van der Waals surface area contributed by atoms with E-state index in [-0.39, 0.29) is 5.91 Å². The highest BCUT2D eigenvalue weighted by atomic mass is 16.5. The Hall–Kier alpha value is -2.89. The van der Waals surface area contributed by atoms with E-state index in [9.17, 15) is 9.59 Å². The smallest absolute Gasteiger partial charge is 0.331 e. The van der Waals surface area contributed by atoms with Gasteiger partial charge in [0.25, 0.3) is 5.91 Å². The molecule has 148 valence electrons. The molecular weight excluding hydrogens is 354 g/mol. The Morgan fingerprint density at radius 2 is 1.79 bits per heavy atom. The average molecular weight is 381 g/mol. The largest absolute Gasteiger partial charge is 0.444 e. The van der Waals surface area contributed by atoms with E-state index >= 15 is 0 Å². The first-order valence-electron chi connectivity index (χ1n) is 9.70. The van der Waals surface area contributed by atoms with Gasteiger partial charge in [0, 0.05) is 43.0 Å². The number of carbonyl (C=O) groups is 2. The highest BCUT2D eigenvalue weighted by molar-refractivity contribution is 5.91. The quantitative estimate of drug-likeness (QED) is 0.589. The first kappa shape index (κ1) is 19.9. The van der Waals surface area contributed by atoms with E-state index in [4.69, 9.17) is 4.74 Å². The van der Waals surface area contributed by atoms with Gasteiger partial charge in [-0.25, -0.2) is 4.79 Å². The molecule has 1 aliphatic rings. The maximum absolute atomic E-state index is 13.0. The third kappa shape index (κ3) is 4.50. The van der Waals surface area contributed by atoms with Crippen LogP contribution in [0, 0.1) is 13.8 Å². The summed E-state index contributed by atoms with van der Waals surface area (Å²) in [6.45, 7) is 5.26. The van der Waals surface area contributed by atoms with Crippen molar-refractivity contribution >= 4 is 18.0 Å². The Morgan fingerprint density at radius 3 is 2.39 bits per heavy atom. The number of nitrogens with zero attached hydrogens (tertiary/aromatic N) is 3. The molecule has 28 heavy (non-hydrogen) atoms. The van der Waals surface area contributed by atoms with Gasteiger partial charge in [-0.05, 0) is 39.2 Å². The number of amides is 1. The fourth-order valence-electron chi connectivity index (χ4n) is 3.51. The zero-order chi connectivity index (χ0) is 20.1. The molecule has 1 aliphatic heterocycles. The third-order valence-electron chi connectivity index (χ3n) is 5.18. The zero-order valence-electron chi connectivity index (χ0n) is 16.7. The molecule has 1 atom stereocenters. The standard InChI is InChI=1S/C22H27N3O3/c1-16-19(17(2)24(3)23-16)12-13-20(26)28-21(18-10-6-4-7-11-18)22(27)25-14-8-5-9-15-25/h4,6-7,10-13,21H,5,8-9,14-15H2,1-3H3/b13-12+/t21-/m0/s1. The van der Waals surface area contributed by atoms with Crippen molar-refractivity contribution in [2.24, 2.45) is 7.05 Å². The van der Waals surface area contributed by atoms with E-state index in [0.29, 0.717) is 18.7 Å². The normalized spacial score (nSPS) is 15.6. The van der Waals surface area contributed by atoms with Crippen LogP contribution >= 0.6 is 0 Å². The van der Waals surface area contributed by atoms with Gasteiger partial charge >= 0.3 is 5.97 Å². The van der Waals surface area contributed by atoms with E-state index in [1.807, 2.05) is 51.2 Å². The van der Waals surface area contributed by atoms with Crippen LogP contribution in [0.2, 0.25) is 0 Å². The first-order chi connectivity index (χ1) is 13.5. The van der Waals surface area contributed by atoms with Gasteiger partial charge in [0.15, 0.2) is 0 Å². The summed E-state index contributed by atoms with van der Waals surface area (Å²) in [7, 11) is 1.86. The molecule has 0 bridgehead atoms. The molecule has 1 aromatic carbocycles. The van der Waals surface area contributed by atoms with Crippen molar-refractivity contribution in [2.75, 3.05) is 13.1 Å². The Kier molecular flexibility index (Phi) is 6.29. The van der Waals surface area contributed by atoms with Crippen LogP contribution in [0.25, 0.3) is 6.08 Å². The van der Waals surface area contributed by atoms with Crippen molar-refractivity contribution in [1.29, 1.82) is 0 Å². The molecule has 1 saturated heterocycles. The number of rotatable bonds is 5. The van der Waals surface area contributed by atoms with Crippen LogP contribution in [-0.4, -0.2) is 39.6 Å². The van der Waals surface area contributed by atoms with E-state index < -0.39 is 12.1 Å². The Balaban J connectivity index is 1.78. The van der Waals surface area contributed by atoms with Crippen LogP contribution in [0.4, 0.5) is 0 Å². The van der Waals surface area contributed by atoms with Gasteiger partial charge < -0.3 is 9.64 Å². The van der Waals surface area contributed by atoms with Crippen molar-refractivity contribution in [3.8, 4) is 0 Å². The molecule has 0 spiro atoms. The predicted molar refractivity (Wildman–Crippen MR) is 107 cm³/mol. The SMILES string of the molecule is Cc1nn(C)c(C)c1/C=C/C(=O)O[C@H](C(=O)N1CCCCC1)c1ccccc1. The predicted octanol–water partition coefficient (Wildman–Crippen LogP) is 3.35. The van der Waals surface area contributed by atoms with E-state index in [0.717, 1.165) is 36.2 Å². The number of benzene rings is 1. The Bertz CT molecular complexity index is 865. The molecule has 0 saturated carbocycles. The Morgan fingerprint density at radius 1 is 1.11 bits per heavy atom. The highest BCUT2D eigenvalue weighted by Gasteiger charge is 2.29. The highest BCUT2D eigenvalue weighted by Crippen LogP contribution is 2.23. The van der Waals surface area contributed by atoms with Crippen LogP contribution < -0.4 is 0 Å². The zero-order valence-corrected chi connectivity index (χ0v) is 16.7. The number of esters is 1. The third-order valence-corrected chi connectivity index (χ3v) is 5.18. The minimum atomic E-state index is -0.924. The lowest BCUT2D eigenvalue weighted by molar-refractivity contribution is -0.157. The number of aryl methyl sites for hydroxylation is 2. The topological polar surface area (TPSA) is 64.4 Å². The minimum Gasteiger partial charge on any atom is -0.444 e. The molecule has 0 unspecified atom stereocenters. The monoisotopic (exact) mass is 381 g/mol. The number of hydrogen-bond donors (Lipinski definition) is 0. The molecule has 2 aromatic rings. The maximum Gasteiger partial charge on any atom is 0.331 e. The second-order valence-corrected chi connectivity index (χ2v) is 7.15. The average Bonchev–Trinajstić information content (AvgIpc) is 2.96. The summed E-state index contributed by atoms with van der Waals surface area (Å²) in [4.78, 5) is 27.3. The molecule has 3 rings (SSSR count). The Labute approximate surface area is 165 Å². The van der Waals surface area contributed by atoms with Gasteiger partial charge in [-0.3, -0.25) is 9.48 Å². The number of ether oxygens (including phenoxy) is 1. The summed E-state index contributed by atoms with van der Waals surface area (Å²) in [5.74, 6) is -0.691. The van der Waals surface area contributed by atoms with Gasteiger partial charge in [-0.2, -0.15) is 5.10 Å². The molecule has 0 radical (unpaired) electrons. The van der Waals surface area contributed by atoms with Crippen molar-refractivity contribution in [3.05, 3.63) is 58.9 Å². The number of likely N-dealkylation sites (tertiary alicyclic amines) is 1. The van der Waals surface area contributed by atoms with Crippen molar-refractivity contribution < 1.29 is 14.3 Å². The molecule has 0 N–H and O–H groups in total. The molecule has 6 heteroatoms. The van der Waals surface area contributed by atoms with Crippen molar-refractivity contribution in [2.45, 2.75) is 39.2 Å². The fourth-order valence-corrected chi connectivity index (χ4v) is 3.51. The summed E-state index contributed by atoms with van der Waals surface area (Å²) in [5.41, 5.74) is 3.38. The van der Waals surface area contributed by atoms with Crippen LogP contribution in [0.1, 0.15) is 47.9 Å². The van der Waals surface area contributed by atoms with Gasteiger partial charge in [0.2, 0.25) is 6.10 Å². The van der Waals surface area contributed by atoms with Gasteiger partial charge in [0.1, 0.15) is 0 Å². The number of aromatic nitrogens is 2. The van der Waals surface area contributed by atoms with E-state index in [1.54, 1.807) is 15.7 Å². The molecule has 6 nitrogen and oxygen atoms in total. The molecular formula is C22H27N3O3. The minimum absolute atomic E-state index is 0.151. The number of piperidine rings is 1. The molecule has 1 aromatic heterocycles. The summed E-state index contributed by atoms with van der Waals surface area (Å²) in [6, 6.07) is 9.20. The molecule has 2 heterocycles. The van der Waals surface area contributed by atoms with Crippen LogP contribution in [0.3, 0.4) is 0 Å². The van der Waals surface area contributed by atoms with E-state index in [1.165, 1.54) is 6.08 Å². The lowest BCUT2D eigenvalue weighted by Crippen LogP contribution is -2.40. The van der Waals surface area contributed by atoms with Crippen LogP contribution in [0.15, 0.2) is 36.4 Å². The number of hydrogen-bond acceptors (Lipinski definition) is 4. The summed E-state index contributed by atoms with van der Waals surface area (Å²) in [6.07, 6.45) is 5.25. The molecule has 0 aliphatic carbocycles. The maximum atomic E-state index is 13.0. The van der Waals surface area contributed by atoms with Crippen LogP contribution in [0.5, 0.6) is 0 Å². The van der Waals surface area contributed by atoms with Crippen molar-refractivity contribution in [1.82, 2.24) is 14.7 Å². The van der Waals surface area contributed by atoms with Crippen molar-refractivity contribution in [3.63, 3.8) is 0 Å². The fraction of sp³-hybridized carbons (Fsp3) is 0.409. The molecule has 1 amide bonds. The summed E-state index contributed by atoms with van der Waals surface area (Å²) >= 11 is 0.